The lowest BCUT2D eigenvalue weighted by atomic mass is 10.2. The number of nitrogens with zero attached hydrogens (tertiary/aromatic N) is 3. The van der Waals surface area contributed by atoms with E-state index in [1.807, 2.05) is 30.1 Å². The molecule has 0 aromatic carbocycles. The van der Waals surface area contributed by atoms with Crippen molar-refractivity contribution in [2.75, 3.05) is 43.9 Å². The zero-order valence-electron chi connectivity index (χ0n) is 14.5. The predicted molar refractivity (Wildman–Crippen MR) is 101 cm³/mol. The molecule has 1 aromatic heterocycles. The second-order valence-electron chi connectivity index (χ2n) is 6.65. The number of amides is 1. The smallest absolute Gasteiger partial charge is 0.221 e. The van der Waals surface area contributed by atoms with E-state index in [0.717, 1.165) is 45.0 Å². The first-order chi connectivity index (χ1) is 11.8. The molecule has 1 saturated carbocycles. The van der Waals surface area contributed by atoms with E-state index in [9.17, 15) is 4.79 Å². The van der Waals surface area contributed by atoms with Gasteiger partial charge in [0.05, 0.1) is 0 Å². The number of anilines is 1. The zero-order chi connectivity index (χ0) is 16.8. The van der Waals surface area contributed by atoms with Crippen molar-refractivity contribution in [1.29, 1.82) is 0 Å². The number of carbonyl (C=O) groups excluding carboxylic acids is 1. The topological polar surface area (TPSA) is 48.5 Å². The van der Waals surface area contributed by atoms with Gasteiger partial charge in [-0.3, -0.25) is 9.69 Å². The van der Waals surface area contributed by atoms with Crippen molar-refractivity contribution < 1.29 is 4.79 Å². The van der Waals surface area contributed by atoms with Crippen LogP contribution in [0.15, 0.2) is 24.4 Å². The largest absolute Gasteiger partial charge is 0.354 e. The summed E-state index contributed by atoms with van der Waals surface area (Å²) in [6.07, 6.45) is 8.22. The molecule has 1 aliphatic heterocycles. The van der Waals surface area contributed by atoms with Gasteiger partial charge in [0.1, 0.15) is 5.82 Å². The third kappa shape index (κ3) is 4.63. The van der Waals surface area contributed by atoms with Crippen LogP contribution in [-0.4, -0.2) is 66.1 Å². The van der Waals surface area contributed by atoms with Gasteiger partial charge in [-0.2, -0.15) is 11.8 Å². The van der Waals surface area contributed by atoms with Gasteiger partial charge in [0.15, 0.2) is 0 Å². The highest BCUT2D eigenvalue weighted by Gasteiger charge is 2.27. The van der Waals surface area contributed by atoms with Crippen molar-refractivity contribution >= 4 is 23.5 Å². The third-order valence-electron chi connectivity index (χ3n) is 5.10. The van der Waals surface area contributed by atoms with Crippen LogP contribution in [0.4, 0.5) is 5.82 Å². The van der Waals surface area contributed by atoms with Gasteiger partial charge in [0, 0.05) is 56.6 Å². The molecule has 5 nitrogen and oxygen atoms in total. The molecule has 24 heavy (non-hydrogen) atoms. The monoisotopic (exact) mass is 348 g/mol. The molecule has 0 radical (unpaired) electrons. The summed E-state index contributed by atoms with van der Waals surface area (Å²) in [6.45, 7) is 4.82. The number of hydrogen-bond donors (Lipinski definition) is 1. The van der Waals surface area contributed by atoms with Crippen LogP contribution >= 0.6 is 11.8 Å². The number of piperazine rings is 1. The number of rotatable bonds is 6. The third-order valence-corrected chi connectivity index (χ3v) is 6.27. The highest BCUT2D eigenvalue weighted by molar-refractivity contribution is 7.99. The fraction of sp³-hybridized carbons (Fsp3) is 0.667. The summed E-state index contributed by atoms with van der Waals surface area (Å²) < 4.78 is 0. The molecule has 1 aromatic rings. The van der Waals surface area contributed by atoms with Crippen molar-refractivity contribution in [2.45, 2.75) is 37.0 Å². The maximum atomic E-state index is 12.2. The Bertz CT molecular complexity index is 519. The highest BCUT2D eigenvalue weighted by Crippen LogP contribution is 2.28. The first kappa shape index (κ1) is 17.5. The van der Waals surface area contributed by atoms with Crippen LogP contribution in [0, 0.1) is 0 Å². The zero-order valence-corrected chi connectivity index (χ0v) is 15.3. The lowest BCUT2D eigenvalue weighted by Gasteiger charge is -2.35. The quantitative estimate of drug-likeness (QED) is 0.852. The van der Waals surface area contributed by atoms with E-state index in [2.05, 4.69) is 32.4 Å². The van der Waals surface area contributed by atoms with Crippen LogP contribution in [0.5, 0.6) is 0 Å². The second-order valence-corrected chi connectivity index (χ2v) is 7.72. The Balaban J connectivity index is 1.36. The minimum atomic E-state index is 0.216. The number of aromatic nitrogens is 1. The molecule has 0 spiro atoms. The lowest BCUT2D eigenvalue weighted by Crippen LogP contribution is -2.48. The first-order valence-corrected chi connectivity index (χ1v) is 10.3. The number of carbonyl (C=O) groups is 1. The molecule has 0 unspecified atom stereocenters. The molecule has 2 aliphatic rings. The fourth-order valence-electron chi connectivity index (χ4n) is 3.65. The lowest BCUT2D eigenvalue weighted by molar-refractivity contribution is -0.122. The Morgan fingerprint density at radius 3 is 2.83 bits per heavy atom. The Labute approximate surface area is 149 Å². The molecule has 2 fully saturated rings. The van der Waals surface area contributed by atoms with Gasteiger partial charge < -0.3 is 10.2 Å². The average molecular weight is 349 g/mol. The molecular formula is C18H28N4OS. The first-order valence-electron chi connectivity index (χ1n) is 8.97. The van der Waals surface area contributed by atoms with Crippen LogP contribution in [0.1, 0.15) is 25.7 Å². The summed E-state index contributed by atoms with van der Waals surface area (Å²) in [5, 5.41) is 3.85. The second kappa shape index (κ2) is 8.72. The van der Waals surface area contributed by atoms with Gasteiger partial charge >= 0.3 is 0 Å². The van der Waals surface area contributed by atoms with Crippen molar-refractivity contribution in [3.63, 3.8) is 0 Å². The Morgan fingerprint density at radius 1 is 1.29 bits per heavy atom. The van der Waals surface area contributed by atoms with E-state index in [4.69, 9.17) is 0 Å². The van der Waals surface area contributed by atoms with E-state index in [-0.39, 0.29) is 5.91 Å². The van der Waals surface area contributed by atoms with Gasteiger partial charge in [-0.05, 0) is 31.2 Å². The highest BCUT2D eigenvalue weighted by atomic mass is 32.2. The summed E-state index contributed by atoms with van der Waals surface area (Å²) in [5.41, 5.74) is 0. The van der Waals surface area contributed by atoms with Crippen LogP contribution in [0.25, 0.3) is 0 Å². The molecule has 1 N–H and O–H groups in total. The summed E-state index contributed by atoms with van der Waals surface area (Å²) in [4.78, 5) is 21.3. The summed E-state index contributed by atoms with van der Waals surface area (Å²) in [6, 6.07) is 6.43. The maximum Gasteiger partial charge on any atom is 0.221 e. The standard InChI is InChI=1S/C18H28N4OS/c1-24-16-6-4-5-15(16)20-18(23)8-10-21-11-13-22(14-12-21)17-7-2-3-9-19-17/h2-3,7,9,15-16H,4-6,8,10-14H2,1H3,(H,20,23)/t15-,16+/m1/s1. The molecule has 132 valence electrons. The van der Waals surface area contributed by atoms with Crippen molar-refractivity contribution in [2.24, 2.45) is 0 Å². The molecular weight excluding hydrogens is 320 g/mol. The average Bonchev–Trinajstić information content (AvgIpc) is 3.08. The molecule has 1 saturated heterocycles. The molecule has 1 aliphatic carbocycles. The van der Waals surface area contributed by atoms with Crippen molar-refractivity contribution in [3.8, 4) is 0 Å². The number of hydrogen-bond acceptors (Lipinski definition) is 5. The van der Waals surface area contributed by atoms with Gasteiger partial charge in [0.2, 0.25) is 5.91 Å². The predicted octanol–water partition coefficient (Wildman–Crippen LogP) is 1.99. The molecule has 6 heteroatoms. The Morgan fingerprint density at radius 2 is 2.12 bits per heavy atom. The fourth-order valence-corrected chi connectivity index (χ4v) is 4.59. The van der Waals surface area contributed by atoms with E-state index in [1.54, 1.807) is 0 Å². The van der Waals surface area contributed by atoms with E-state index in [1.165, 1.54) is 12.8 Å². The molecule has 2 atom stereocenters. The molecule has 3 rings (SSSR count). The van der Waals surface area contributed by atoms with Gasteiger partial charge in [-0.15, -0.1) is 0 Å². The Hall–Kier alpha value is -1.27. The summed E-state index contributed by atoms with van der Waals surface area (Å²) >= 11 is 1.89. The molecule has 1 amide bonds. The maximum absolute atomic E-state index is 12.2. The van der Waals surface area contributed by atoms with Crippen molar-refractivity contribution in [3.05, 3.63) is 24.4 Å². The number of pyridine rings is 1. The minimum Gasteiger partial charge on any atom is -0.354 e. The number of thioether (sulfide) groups is 1. The van der Waals surface area contributed by atoms with Crippen LogP contribution in [0.3, 0.4) is 0 Å². The van der Waals surface area contributed by atoms with Gasteiger partial charge in [-0.1, -0.05) is 12.5 Å². The molecule has 2 heterocycles. The van der Waals surface area contributed by atoms with E-state index in [0.29, 0.717) is 17.7 Å². The van der Waals surface area contributed by atoms with Gasteiger partial charge in [-0.25, -0.2) is 4.98 Å². The van der Waals surface area contributed by atoms with Crippen LogP contribution in [0.2, 0.25) is 0 Å². The van der Waals surface area contributed by atoms with E-state index < -0.39 is 0 Å². The summed E-state index contributed by atoms with van der Waals surface area (Å²) in [5.74, 6) is 1.27. The SMILES string of the molecule is CS[C@H]1CCC[C@H]1NC(=O)CCN1CCN(c2ccccn2)CC1. The van der Waals surface area contributed by atoms with Crippen LogP contribution < -0.4 is 10.2 Å². The minimum absolute atomic E-state index is 0.216. The Kier molecular flexibility index (Phi) is 6.37. The normalized spacial score (nSPS) is 25.0. The number of nitrogens with one attached hydrogen (secondary N) is 1. The van der Waals surface area contributed by atoms with Gasteiger partial charge in [0.25, 0.3) is 0 Å². The molecule has 0 bridgehead atoms. The summed E-state index contributed by atoms with van der Waals surface area (Å²) in [7, 11) is 0. The van der Waals surface area contributed by atoms with Crippen molar-refractivity contribution in [1.82, 2.24) is 15.2 Å². The van der Waals surface area contributed by atoms with E-state index >= 15 is 0 Å². The van der Waals surface area contributed by atoms with Crippen LogP contribution in [-0.2, 0) is 4.79 Å².